The van der Waals surface area contributed by atoms with Gasteiger partial charge in [-0.05, 0) is 12.1 Å². The van der Waals surface area contributed by atoms with Crippen LogP contribution in [0.3, 0.4) is 0 Å². The maximum Gasteiger partial charge on any atom is 0.123 e. The maximum absolute atomic E-state index is 7.42. The summed E-state index contributed by atoms with van der Waals surface area (Å²) >= 11 is 0. The predicted molar refractivity (Wildman–Crippen MR) is 72.2 cm³/mol. The summed E-state index contributed by atoms with van der Waals surface area (Å²) in [7, 11) is 3.18. The van der Waals surface area contributed by atoms with E-state index in [9.17, 15) is 0 Å². The van der Waals surface area contributed by atoms with Gasteiger partial charge in [-0.1, -0.05) is 0 Å². The van der Waals surface area contributed by atoms with Crippen LogP contribution in [0.25, 0.3) is 0 Å². The van der Waals surface area contributed by atoms with Crippen molar-refractivity contribution in [3.05, 3.63) is 23.8 Å². The summed E-state index contributed by atoms with van der Waals surface area (Å²) in [5.41, 5.74) is 6.01. The summed E-state index contributed by atoms with van der Waals surface area (Å²) in [6.07, 6.45) is 0. The number of nitrogens with one attached hydrogen (secondary N) is 1. The second-order valence-electron chi connectivity index (χ2n) is 3.76. The Bertz CT molecular complexity index is 410. The number of hydrogen-bond donors (Lipinski definition) is 2. The molecule has 6 nitrogen and oxygen atoms in total. The summed E-state index contributed by atoms with van der Waals surface area (Å²) < 4.78 is 20.8. The van der Waals surface area contributed by atoms with Crippen LogP contribution in [0, 0.1) is 5.41 Å². The normalized spacial score (nSPS) is 10.2. The van der Waals surface area contributed by atoms with Crippen LogP contribution < -0.4 is 15.2 Å². The van der Waals surface area contributed by atoms with Gasteiger partial charge in [-0.3, -0.25) is 5.41 Å². The lowest BCUT2D eigenvalue weighted by atomic mass is 10.2. The molecule has 0 fully saturated rings. The molecule has 19 heavy (non-hydrogen) atoms. The van der Waals surface area contributed by atoms with Gasteiger partial charge in [0.25, 0.3) is 0 Å². The van der Waals surface area contributed by atoms with E-state index in [1.54, 1.807) is 32.4 Å². The molecule has 0 bridgehead atoms. The van der Waals surface area contributed by atoms with Gasteiger partial charge in [0.1, 0.15) is 23.9 Å². The fourth-order valence-corrected chi connectivity index (χ4v) is 1.39. The average molecular weight is 268 g/mol. The standard InChI is InChI=1S/C13H20N2O4/c1-16-3-4-18-5-6-19-12-8-10(13(14)15)7-11(9-12)17-2/h7-9H,3-6H2,1-2H3,(H3,14,15). The Morgan fingerprint density at radius 3 is 2.37 bits per heavy atom. The molecule has 0 aliphatic heterocycles. The fraction of sp³-hybridized carbons (Fsp3) is 0.462. The highest BCUT2D eigenvalue weighted by molar-refractivity contribution is 5.95. The van der Waals surface area contributed by atoms with Crippen molar-refractivity contribution in [3.8, 4) is 11.5 Å². The number of methoxy groups -OCH3 is 2. The predicted octanol–water partition coefficient (Wildman–Crippen LogP) is 1.02. The molecule has 0 atom stereocenters. The lowest BCUT2D eigenvalue weighted by molar-refractivity contribution is 0.0544. The van der Waals surface area contributed by atoms with Gasteiger partial charge in [0.05, 0.1) is 26.9 Å². The third kappa shape index (κ3) is 5.58. The Hall–Kier alpha value is -1.79. The van der Waals surface area contributed by atoms with Crippen LogP contribution in [-0.2, 0) is 9.47 Å². The molecule has 3 N–H and O–H groups in total. The number of hydrogen-bond acceptors (Lipinski definition) is 5. The first-order chi connectivity index (χ1) is 9.17. The Labute approximate surface area is 112 Å². The van der Waals surface area contributed by atoms with Crippen molar-refractivity contribution >= 4 is 5.84 Å². The molecule has 6 heteroatoms. The SMILES string of the molecule is COCCOCCOc1cc(OC)cc(C(=N)N)c1. The van der Waals surface area contributed by atoms with Crippen molar-refractivity contribution in [3.63, 3.8) is 0 Å². The van der Waals surface area contributed by atoms with Gasteiger partial charge in [0.15, 0.2) is 0 Å². The lowest BCUT2D eigenvalue weighted by Crippen LogP contribution is -2.13. The van der Waals surface area contributed by atoms with E-state index in [-0.39, 0.29) is 5.84 Å². The van der Waals surface area contributed by atoms with Crippen molar-refractivity contribution in [2.75, 3.05) is 40.6 Å². The minimum Gasteiger partial charge on any atom is -0.497 e. The first-order valence-corrected chi connectivity index (χ1v) is 5.90. The largest absolute Gasteiger partial charge is 0.497 e. The maximum atomic E-state index is 7.42. The van der Waals surface area contributed by atoms with Gasteiger partial charge in [-0.2, -0.15) is 0 Å². The molecule has 0 heterocycles. The van der Waals surface area contributed by atoms with Crippen molar-refractivity contribution in [1.82, 2.24) is 0 Å². The number of nitrogens with two attached hydrogens (primary N) is 1. The molecule has 0 aliphatic carbocycles. The van der Waals surface area contributed by atoms with Gasteiger partial charge in [0, 0.05) is 18.7 Å². The van der Waals surface area contributed by atoms with Crippen molar-refractivity contribution in [2.45, 2.75) is 0 Å². The van der Waals surface area contributed by atoms with Crippen LogP contribution in [0.15, 0.2) is 18.2 Å². The molecule has 0 unspecified atom stereocenters. The van der Waals surface area contributed by atoms with Crippen molar-refractivity contribution < 1.29 is 18.9 Å². The zero-order valence-corrected chi connectivity index (χ0v) is 11.3. The van der Waals surface area contributed by atoms with Crippen molar-refractivity contribution in [1.29, 1.82) is 5.41 Å². The Morgan fingerprint density at radius 1 is 1.05 bits per heavy atom. The topological polar surface area (TPSA) is 86.8 Å². The highest BCUT2D eigenvalue weighted by Crippen LogP contribution is 2.22. The highest BCUT2D eigenvalue weighted by atomic mass is 16.5. The third-order valence-corrected chi connectivity index (χ3v) is 2.35. The minimum atomic E-state index is -0.0277. The Kier molecular flexibility index (Phi) is 6.70. The summed E-state index contributed by atoms with van der Waals surface area (Å²) in [4.78, 5) is 0. The van der Waals surface area contributed by atoms with E-state index in [4.69, 9.17) is 30.1 Å². The number of rotatable bonds is 9. The van der Waals surface area contributed by atoms with E-state index in [0.29, 0.717) is 43.5 Å². The number of amidine groups is 1. The first kappa shape index (κ1) is 15.3. The van der Waals surface area contributed by atoms with Crippen LogP contribution in [0.5, 0.6) is 11.5 Å². The van der Waals surface area contributed by atoms with Crippen LogP contribution in [-0.4, -0.2) is 46.5 Å². The lowest BCUT2D eigenvalue weighted by Gasteiger charge is -2.10. The molecule has 0 aliphatic rings. The first-order valence-electron chi connectivity index (χ1n) is 5.90. The summed E-state index contributed by atoms with van der Waals surface area (Å²) in [6, 6.07) is 5.12. The molecule has 0 amide bonds. The van der Waals surface area contributed by atoms with Crippen molar-refractivity contribution in [2.24, 2.45) is 5.73 Å². The molecule has 1 aromatic rings. The van der Waals surface area contributed by atoms with Gasteiger partial charge < -0.3 is 24.7 Å². The zero-order chi connectivity index (χ0) is 14.1. The molecule has 0 spiro atoms. The van der Waals surface area contributed by atoms with E-state index in [2.05, 4.69) is 0 Å². The summed E-state index contributed by atoms with van der Waals surface area (Å²) in [5.74, 6) is 1.17. The van der Waals surface area contributed by atoms with Gasteiger partial charge >= 0.3 is 0 Å². The van der Waals surface area contributed by atoms with E-state index >= 15 is 0 Å². The quantitative estimate of drug-likeness (QED) is 0.397. The zero-order valence-electron chi connectivity index (χ0n) is 11.3. The van der Waals surface area contributed by atoms with Gasteiger partial charge in [-0.15, -0.1) is 0 Å². The minimum absolute atomic E-state index is 0.0277. The molecule has 1 rings (SSSR count). The smallest absolute Gasteiger partial charge is 0.123 e. The number of nitrogen functional groups attached to an aromatic ring is 1. The molecular formula is C13H20N2O4. The number of ether oxygens (including phenoxy) is 4. The summed E-state index contributed by atoms with van der Waals surface area (Å²) in [6.45, 7) is 1.98. The Morgan fingerprint density at radius 2 is 1.74 bits per heavy atom. The van der Waals surface area contributed by atoms with Gasteiger partial charge in [-0.25, -0.2) is 0 Å². The van der Waals surface area contributed by atoms with Crippen LogP contribution in [0.4, 0.5) is 0 Å². The molecular weight excluding hydrogens is 248 g/mol. The monoisotopic (exact) mass is 268 g/mol. The third-order valence-electron chi connectivity index (χ3n) is 2.35. The molecule has 1 aromatic carbocycles. The molecule has 0 saturated heterocycles. The van der Waals surface area contributed by atoms with Gasteiger partial charge in [0.2, 0.25) is 0 Å². The molecule has 0 radical (unpaired) electrons. The van der Waals surface area contributed by atoms with E-state index in [0.717, 1.165) is 0 Å². The van der Waals surface area contributed by atoms with Crippen LogP contribution in [0.1, 0.15) is 5.56 Å². The van der Waals surface area contributed by atoms with E-state index < -0.39 is 0 Å². The number of benzene rings is 1. The Balaban J connectivity index is 2.48. The highest BCUT2D eigenvalue weighted by Gasteiger charge is 2.04. The van der Waals surface area contributed by atoms with Crippen LogP contribution >= 0.6 is 0 Å². The average Bonchev–Trinajstić information content (AvgIpc) is 2.42. The second kappa shape index (κ2) is 8.34. The fourth-order valence-electron chi connectivity index (χ4n) is 1.39. The van der Waals surface area contributed by atoms with E-state index in [1.807, 2.05) is 0 Å². The van der Waals surface area contributed by atoms with Crippen LogP contribution in [0.2, 0.25) is 0 Å². The molecule has 106 valence electrons. The molecule has 0 saturated carbocycles. The second-order valence-corrected chi connectivity index (χ2v) is 3.76. The summed E-state index contributed by atoms with van der Waals surface area (Å²) in [5, 5.41) is 7.42. The molecule has 0 aromatic heterocycles. The van der Waals surface area contributed by atoms with E-state index in [1.165, 1.54) is 0 Å².